The number of nitro groups is 1. The molecule has 0 heterocycles. The lowest BCUT2D eigenvalue weighted by atomic mass is 10.2. The molecule has 0 atom stereocenters. The Morgan fingerprint density at radius 3 is 2.06 bits per heavy atom. The van der Waals surface area contributed by atoms with Crippen LogP contribution in [0.4, 0.5) is 5.69 Å². The van der Waals surface area contributed by atoms with Crippen LogP contribution in [0.2, 0.25) is 0 Å². The second kappa shape index (κ2) is 6.64. The molecule has 1 aromatic rings. The highest BCUT2D eigenvalue weighted by molar-refractivity contribution is 7.85. The molecule has 0 amide bonds. The number of non-ortho nitro benzene ring substituents is 1. The number of hydrogen-bond acceptors (Lipinski definition) is 7. The molecule has 1 aromatic carbocycles. The summed E-state index contributed by atoms with van der Waals surface area (Å²) >= 11 is 0. The summed E-state index contributed by atoms with van der Waals surface area (Å²) in [6.07, 6.45) is 0.715. The minimum atomic E-state index is -3.67. The zero-order valence-corrected chi connectivity index (χ0v) is 9.96. The highest BCUT2D eigenvalue weighted by Crippen LogP contribution is 2.11. The van der Waals surface area contributed by atoms with Crippen molar-refractivity contribution in [2.45, 2.75) is 0 Å². The van der Waals surface area contributed by atoms with Crippen LogP contribution in [0.25, 0.3) is 0 Å². The lowest BCUT2D eigenvalue weighted by Crippen LogP contribution is -2.09. The van der Waals surface area contributed by atoms with Crippen LogP contribution in [0, 0.1) is 10.1 Å². The van der Waals surface area contributed by atoms with Gasteiger partial charge in [-0.1, -0.05) is 0 Å². The van der Waals surface area contributed by atoms with Crippen molar-refractivity contribution >= 4 is 21.8 Å². The van der Waals surface area contributed by atoms with Gasteiger partial charge < -0.3 is 4.84 Å². The summed E-state index contributed by atoms with van der Waals surface area (Å²) in [6, 6.07) is 4.94. The SMILES string of the molecule is CS(=O)(=O)O.NOC(=O)c1ccc([N+](=O)[O-])cc1. The van der Waals surface area contributed by atoms with E-state index in [0.717, 1.165) is 0 Å². The maximum atomic E-state index is 10.8. The van der Waals surface area contributed by atoms with E-state index < -0.39 is 21.0 Å². The molecule has 0 aromatic heterocycles. The minimum Gasteiger partial charge on any atom is -0.370 e. The molecule has 1 rings (SSSR count). The number of nitrogens with zero attached hydrogens (tertiary/aromatic N) is 1. The fraction of sp³-hybridized carbons (Fsp3) is 0.125. The van der Waals surface area contributed by atoms with Gasteiger partial charge in [0, 0.05) is 12.1 Å². The van der Waals surface area contributed by atoms with E-state index in [4.69, 9.17) is 4.55 Å². The van der Waals surface area contributed by atoms with Crippen LogP contribution in [-0.4, -0.2) is 30.1 Å². The highest BCUT2D eigenvalue weighted by Gasteiger charge is 2.08. The average molecular weight is 278 g/mol. The molecule has 0 aliphatic rings. The van der Waals surface area contributed by atoms with Gasteiger partial charge in [0.25, 0.3) is 15.8 Å². The number of nitrogens with two attached hydrogens (primary N) is 1. The first kappa shape index (κ1) is 16.0. The smallest absolute Gasteiger partial charge is 0.356 e. The molecular weight excluding hydrogens is 268 g/mol. The molecule has 10 heteroatoms. The van der Waals surface area contributed by atoms with E-state index >= 15 is 0 Å². The van der Waals surface area contributed by atoms with Gasteiger partial charge in [-0.05, 0) is 12.1 Å². The Bertz CT molecular complexity index is 515. The lowest BCUT2D eigenvalue weighted by molar-refractivity contribution is -0.384. The monoisotopic (exact) mass is 278 g/mol. The van der Waals surface area contributed by atoms with Gasteiger partial charge in [-0.2, -0.15) is 14.3 Å². The Hall–Kier alpha value is -2.04. The van der Waals surface area contributed by atoms with Crippen molar-refractivity contribution in [2.24, 2.45) is 5.90 Å². The quantitative estimate of drug-likeness (QED) is 0.440. The molecule has 100 valence electrons. The van der Waals surface area contributed by atoms with Crippen LogP contribution >= 0.6 is 0 Å². The lowest BCUT2D eigenvalue weighted by Gasteiger charge is -1.96. The largest absolute Gasteiger partial charge is 0.370 e. The van der Waals surface area contributed by atoms with Crippen molar-refractivity contribution in [3.05, 3.63) is 39.9 Å². The number of benzene rings is 1. The first-order valence-electron chi connectivity index (χ1n) is 4.23. The molecule has 0 spiro atoms. The van der Waals surface area contributed by atoms with E-state index in [2.05, 4.69) is 10.7 Å². The minimum absolute atomic E-state index is 0.0893. The molecule has 0 fully saturated rings. The Morgan fingerprint density at radius 1 is 1.39 bits per heavy atom. The number of carbonyl (C=O) groups is 1. The molecule has 9 nitrogen and oxygen atoms in total. The van der Waals surface area contributed by atoms with Gasteiger partial charge >= 0.3 is 5.97 Å². The van der Waals surface area contributed by atoms with Gasteiger partial charge in [-0.15, -0.1) is 0 Å². The Kier molecular flexibility index (Phi) is 5.88. The fourth-order valence-corrected chi connectivity index (χ4v) is 0.787. The van der Waals surface area contributed by atoms with Gasteiger partial charge in [0.2, 0.25) is 0 Å². The summed E-state index contributed by atoms with van der Waals surface area (Å²) in [5, 5.41) is 10.2. The van der Waals surface area contributed by atoms with E-state index in [1.54, 1.807) is 0 Å². The Labute approximate surface area is 102 Å². The summed E-state index contributed by atoms with van der Waals surface area (Å²) in [4.78, 5) is 24.4. The molecule has 0 aliphatic carbocycles. The summed E-state index contributed by atoms with van der Waals surface area (Å²) in [5.41, 5.74) is 0.0849. The Balaban J connectivity index is 0.000000494. The molecule has 18 heavy (non-hydrogen) atoms. The number of rotatable bonds is 2. The number of carbonyl (C=O) groups excluding carboxylic acids is 1. The molecule has 0 saturated heterocycles. The maximum absolute atomic E-state index is 10.8. The Morgan fingerprint density at radius 2 is 1.78 bits per heavy atom. The van der Waals surface area contributed by atoms with Gasteiger partial charge in [-0.25, -0.2) is 4.79 Å². The fourth-order valence-electron chi connectivity index (χ4n) is 0.787. The molecule has 3 N–H and O–H groups in total. The normalized spacial score (nSPS) is 9.94. The van der Waals surface area contributed by atoms with Gasteiger partial charge in [0.1, 0.15) is 0 Å². The van der Waals surface area contributed by atoms with E-state index in [0.29, 0.717) is 6.26 Å². The van der Waals surface area contributed by atoms with Crippen LogP contribution in [-0.2, 0) is 15.0 Å². The average Bonchev–Trinajstić information content (AvgIpc) is 2.26. The summed E-state index contributed by atoms with van der Waals surface area (Å²) in [5.74, 6) is 3.89. The first-order valence-corrected chi connectivity index (χ1v) is 6.08. The van der Waals surface area contributed by atoms with Gasteiger partial charge in [-0.3, -0.25) is 14.7 Å². The van der Waals surface area contributed by atoms with E-state index in [1.165, 1.54) is 24.3 Å². The van der Waals surface area contributed by atoms with Crippen molar-refractivity contribution < 1.29 is 27.5 Å². The predicted molar refractivity (Wildman–Crippen MR) is 60.2 cm³/mol. The van der Waals surface area contributed by atoms with Crippen molar-refractivity contribution in [3.63, 3.8) is 0 Å². The third-order valence-electron chi connectivity index (χ3n) is 1.42. The standard InChI is InChI=1S/C7H6N2O4.CH4O3S/c8-13-7(10)5-1-3-6(4-2-5)9(11)12;1-5(2,3)4/h1-4H,8H2;1H3,(H,2,3,4). The topological polar surface area (TPSA) is 150 Å². The third-order valence-corrected chi connectivity index (χ3v) is 1.42. The van der Waals surface area contributed by atoms with Crippen molar-refractivity contribution in [1.82, 2.24) is 0 Å². The first-order chi connectivity index (χ1) is 8.15. The van der Waals surface area contributed by atoms with Crippen LogP contribution in [0.3, 0.4) is 0 Å². The zero-order valence-electron chi connectivity index (χ0n) is 9.14. The highest BCUT2D eigenvalue weighted by atomic mass is 32.2. The van der Waals surface area contributed by atoms with Crippen LogP contribution in [0.1, 0.15) is 10.4 Å². The van der Waals surface area contributed by atoms with Crippen LogP contribution in [0.15, 0.2) is 24.3 Å². The van der Waals surface area contributed by atoms with Gasteiger partial charge in [0.05, 0.1) is 16.7 Å². The van der Waals surface area contributed by atoms with E-state index in [-0.39, 0.29) is 11.3 Å². The molecule has 0 bridgehead atoms. The molecule has 0 unspecified atom stereocenters. The summed E-state index contributed by atoms with van der Waals surface area (Å²) in [6.45, 7) is 0. The van der Waals surface area contributed by atoms with Crippen LogP contribution < -0.4 is 5.90 Å². The molecule has 0 radical (unpaired) electrons. The second-order valence-electron chi connectivity index (χ2n) is 2.94. The van der Waals surface area contributed by atoms with E-state index in [1.807, 2.05) is 0 Å². The zero-order chi connectivity index (χ0) is 14.3. The van der Waals surface area contributed by atoms with E-state index in [9.17, 15) is 23.3 Å². The predicted octanol–water partition coefficient (Wildman–Crippen LogP) is 0.129. The summed E-state index contributed by atoms with van der Waals surface area (Å²) < 4.78 is 25.9. The molecule has 0 aliphatic heterocycles. The summed E-state index contributed by atoms with van der Waals surface area (Å²) in [7, 11) is -3.67. The van der Waals surface area contributed by atoms with Crippen molar-refractivity contribution in [3.8, 4) is 0 Å². The van der Waals surface area contributed by atoms with Gasteiger partial charge in [0.15, 0.2) is 0 Å². The maximum Gasteiger partial charge on any atom is 0.356 e. The van der Waals surface area contributed by atoms with Crippen molar-refractivity contribution in [1.29, 1.82) is 0 Å². The number of hydrogen-bond donors (Lipinski definition) is 2. The number of nitro benzene ring substituents is 1. The molecule has 0 saturated carbocycles. The second-order valence-corrected chi connectivity index (χ2v) is 4.41. The molecular formula is C8H10N2O7S. The van der Waals surface area contributed by atoms with Crippen LogP contribution in [0.5, 0.6) is 0 Å². The third kappa shape index (κ3) is 7.27. The van der Waals surface area contributed by atoms with Crippen molar-refractivity contribution in [2.75, 3.05) is 6.26 Å².